The molecule has 0 spiro atoms. The first kappa shape index (κ1) is 23.0. The first-order chi connectivity index (χ1) is 16.3. The number of alkyl halides is 1. The molecule has 1 aliphatic carbocycles. The Morgan fingerprint density at radius 1 is 1.18 bits per heavy atom. The summed E-state index contributed by atoms with van der Waals surface area (Å²) in [6, 6.07) is 11.1. The second-order valence-electron chi connectivity index (χ2n) is 9.01. The Morgan fingerprint density at radius 3 is 2.62 bits per heavy atom. The van der Waals surface area contributed by atoms with E-state index >= 15 is 0 Å². The van der Waals surface area contributed by atoms with Crippen LogP contribution in [-0.2, 0) is 4.79 Å². The van der Waals surface area contributed by atoms with Gasteiger partial charge in [-0.25, -0.2) is 4.79 Å². The van der Waals surface area contributed by atoms with Crippen LogP contribution in [-0.4, -0.2) is 56.6 Å². The number of benzene rings is 2. The van der Waals surface area contributed by atoms with E-state index in [0.717, 1.165) is 31.5 Å². The van der Waals surface area contributed by atoms with Crippen molar-refractivity contribution < 1.29 is 19.6 Å². The van der Waals surface area contributed by atoms with Gasteiger partial charge in [-0.3, -0.25) is 14.9 Å². The molecule has 2 heterocycles. The number of amides is 1. The van der Waals surface area contributed by atoms with Crippen LogP contribution < -0.4 is 5.32 Å². The second kappa shape index (κ2) is 9.11. The number of para-hydroxylation sites is 1. The molecule has 178 valence electrons. The molecular weight excluding hydrogens is 478 g/mol. The van der Waals surface area contributed by atoms with Gasteiger partial charge < -0.3 is 15.3 Å². The third-order valence-corrected chi connectivity index (χ3v) is 9.17. The summed E-state index contributed by atoms with van der Waals surface area (Å²) in [5.74, 6) is -1.57. The first-order valence-corrected chi connectivity index (χ1v) is 12.6. The highest BCUT2D eigenvalue weighted by molar-refractivity contribution is 8.00. The van der Waals surface area contributed by atoms with Crippen LogP contribution in [0.15, 0.2) is 47.4 Å². The van der Waals surface area contributed by atoms with Crippen LogP contribution in [0.1, 0.15) is 41.1 Å². The Bertz CT molecular complexity index is 1160. The van der Waals surface area contributed by atoms with E-state index in [9.17, 15) is 24.8 Å². The number of carboxylic acids is 1. The summed E-state index contributed by atoms with van der Waals surface area (Å²) < 4.78 is 0. The number of hydrogen-bond acceptors (Lipinski definition) is 6. The van der Waals surface area contributed by atoms with Crippen molar-refractivity contribution in [1.82, 2.24) is 4.90 Å². The molecule has 1 saturated carbocycles. The van der Waals surface area contributed by atoms with Crippen LogP contribution in [0.4, 0.5) is 11.4 Å². The van der Waals surface area contributed by atoms with E-state index in [1.54, 1.807) is 30.3 Å². The summed E-state index contributed by atoms with van der Waals surface area (Å²) in [5, 5.41) is 23.9. The number of halogens is 1. The van der Waals surface area contributed by atoms with E-state index in [4.69, 9.17) is 11.6 Å². The van der Waals surface area contributed by atoms with Crippen LogP contribution in [0, 0.1) is 16.0 Å². The molecular formula is C24H24ClN3O5S. The Kier molecular flexibility index (Phi) is 6.16. The molecule has 2 N–H and O–H groups in total. The smallest absolute Gasteiger partial charge is 0.326 e. The summed E-state index contributed by atoms with van der Waals surface area (Å²) in [6.07, 6.45) is 2.48. The maximum absolute atomic E-state index is 13.0. The van der Waals surface area contributed by atoms with E-state index in [1.807, 2.05) is 11.0 Å². The highest BCUT2D eigenvalue weighted by Gasteiger charge is 2.52. The van der Waals surface area contributed by atoms with Gasteiger partial charge >= 0.3 is 5.97 Å². The van der Waals surface area contributed by atoms with Crippen molar-refractivity contribution in [2.45, 2.75) is 46.7 Å². The fourth-order valence-electron chi connectivity index (χ4n) is 5.47. The second-order valence-corrected chi connectivity index (χ2v) is 10.8. The molecule has 1 saturated heterocycles. The van der Waals surface area contributed by atoms with Crippen LogP contribution >= 0.6 is 23.4 Å². The summed E-state index contributed by atoms with van der Waals surface area (Å²) in [4.78, 5) is 38.5. The number of likely N-dealkylation sites (tertiary alicyclic amines) is 1. The fourth-order valence-corrected chi connectivity index (χ4v) is 7.41. The number of rotatable bonds is 5. The molecule has 5 atom stereocenters. The number of nitrogens with one attached hydrogen (secondary N) is 1. The van der Waals surface area contributed by atoms with Gasteiger partial charge in [-0.1, -0.05) is 12.1 Å². The van der Waals surface area contributed by atoms with E-state index in [0.29, 0.717) is 22.6 Å². The van der Waals surface area contributed by atoms with Crippen LogP contribution in [0.2, 0.25) is 0 Å². The fraction of sp³-hybridized carbons (Fsp3) is 0.417. The number of hydrogen-bond donors (Lipinski definition) is 2. The van der Waals surface area contributed by atoms with Crippen molar-refractivity contribution in [1.29, 1.82) is 0 Å². The van der Waals surface area contributed by atoms with Crippen molar-refractivity contribution in [2.24, 2.45) is 5.92 Å². The molecule has 10 heteroatoms. The Morgan fingerprint density at radius 2 is 1.91 bits per heavy atom. The first-order valence-electron chi connectivity index (χ1n) is 11.3. The molecule has 2 aromatic rings. The van der Waals surface area contributed by atoms with Crippen LogP contribution in [0.3, 0.4) is 0 Å². The van der Waals surface area contributed by atoms with E-state index in [1.165, 1.54) is 17.8 Å². The summed E-state index contributed by atoms with van der Waals surface area (Å²) in [6.45, 7) is 1.49. The lowest BCUT2D eigenvalue weighted by Crippen LogP contribution is -2.42. The van der Waals surface area contributed by atoms with Crippen molar-refractivity contribution in [3.05, 3.63) is 63.7 Å². The molecule has 3 aliphatic rings. The average Bonchev–Trinajstić information content (AvgIpc) is 3.47. The molecule has 2 aliphatic heterocycles. The van der Waals surface area contributed by atoms with Gasteiger partial charge in [0.15, 0.2) is 0 Å². The Balaban J connectivity index is 1.48. The number of carboxylic acid groups (broad SMARTS) is 1. The molecule has 2 fully saturated rings. The standard InChI is InChI=1S/C24H24ClN3O5S/c25-21-19(34-18-6-2-1-5-17(18)28(32)33)12-15-20(21)14-11-13(23(29)27-9-3-4-10-27)7-8-16(14)26-22(15)24(30)31/h1-2,5-8,11,15,19-22,26H,3-4,9-10,12H2,(H,30,31). The van der Waals surface area contributed by atoms with Crippen molar-refractivity contribution in [3.63, 3.8) is 0 Å². The minimum atomic E-state index is -0.960. The summed E-state index contributed by atoms with van der Waals surface area (Å²) >= 11 is 8.31. The molecule has 34 heavy (non-hydrogen) atoms. The zero-order chi connectivity index (χ0) is 24.0. The van der Waals surface area contributed by atoms with Gasteiger partial charge in [0.05, 0.1) is 15.2 Å². The topological polar surface area (TPSA) is 113 Å². The van der Waals surface area contributed by atoms with Crippen LogP contribution in [0.25, 0.3) is 0 Å². The predicted octanol–water partition coefficient (Wildman–Crippen LogP) is 4.58. The van der Waals surface area contributed by atoms with Gasteiger partial charge in [0.2, 0.25) is 0 Å². The maximum Gasteiger partial charge on any atom is 0.326 e. The normalized spacial score (nSPS) is 27.6. The van der Waals surface area contributed by atoms with Crippen molar-refractivity contribution in [3.8, 4) is 0 Å². The lowest BCUT2D eigenvalue weighted by molar-refractivity contribution is -0.387. The lowest BCUT2D eigenvalue weighted by atomic mass is 9.79. The van der Waals surface area contributed by atoms with Gasteiger partial charge in [0.25, 0.3) is 11.6 Å². The average molecular weight is 502 g/mol. The lowest BCUT2D eigenvalue weighted by Gasteiger charge is -2.36. The van der Waals surface area contributed by atoms with Gasteiger partial charge in [0, 0.05) is 41.6 Å². The number of thioether (sulfide) groups is 1. The summed E-state index contributed by atoms with van der Waals surface area (Å²) in [5.41, 5.74) is 2.11. The monoisotopic (exact) mass is 501 g/mol. The Hall–Kier alpha value is -2.78. The molecule has 1 amide bonds. The quantitative estimate of drug-likeness (QED) is 0.350. The molecule has 8 nitrogen and oxygen atoms in total. The number of carbonyl (C=O) groups excluding carboxylic acids is 1. The third-order valence-electron chi connectivity index (χ3n) is 7.06. The number of fused-ring (bicyclic) bond motifs is 3. The van der Waals surface area contributed by atoms with Gasteiger partial charge in [-0.05, 0) is 55.0 Å². The number of aliphatic carboxylic acids is 1. The number of nitro benzene ring substituents is 1. The largest absolute Gasteiger partial charge is 0.480 e. The molecule has 2 aromatic carbocycles. The van der Waals surface area contributed by atoms with E-state index in [2.05, 4.69) is 5.32 Å². The summed E-state index contributed by atoms with van der Waals surface area (Å²) in [7, 11) is 0. The third kappa shape index (κ3) is 4.01. The molecule has 0 aromatic heterocycles. The van der Waals surface area contributed by atoms with Gasteiger partial charge in [0.1, 0.15) is 6.04 Å². The molecule has 0 radical (unpaired) electrons. The molecule has 5 unspecified atom stereocenters. The minimum Gasteiger partial charge on any atom is -0.480 e. The van der Waals surface area contributed by atoms with E-state index < -0.39 is 22.3 Å². The van der Waals surface area contributed by atoms with E-state index in [-0.39, 0.29) is 28.7 Å². The van der Waals surface area contributed by atoms with Gasteiger partial charge in [-0.15, -0.1) is 23.4 Å². The number of nitrogens with zero attached hydrogens (tertiary/aromatic N) is 2. The SMILES string of the molecule is O=C(O)C1Nc2ccc(C(=O)N3CCCC3)cc2C2C(Cl)C(Sc3ccccc3[N+](=O)[O-])CC12. The maximum atomic E-state index is 13.0. The minimum absolute atomic E-state index is 0.0121. The highest BCUT2D eigenvalue weighted by atomic mass is 35.5. The van der Waals surface area contributed by atoms with Crippen molar-refractivity contribution in [2.75, 3.05) is 18.4 Å². The zero-order valence-electron chi connectivity index (χ0n) is 18.2. The highest BCUT2D eigenvalue weighted by Crippen LogP contribution is 2.55. The number of nitro groups is 1. The van der Waals surface area contributed by atoms with Crippen molar-refractivity contribution >= 4 is 46.6 Å². The van der Waals surface area contributed by atoms with Gasteiger partial charge in [-0.2, -0.15) is 0 Å². The zero-order valence-corrected chi connectivity index (χ0v) is 19.8. The number of anilines is 1. The molecule has 5 rings (SSSR count). The molecule has 0 bridgehead atoms. The number of carbonyl (C=O) groups is 2. The Labute approximate surface area is 205 Å². The van der Waals surface area contributed by atoms with Crippen LogP contribution in [0.5, 0.6) is 0 Å². The predicted molar refractivity (Wildman–Crippen MR) is 130 cm³/mol.